The number of aromatic nitrogens is 2. The number of imidazole rings is 1. The maximum absolute atomic E-state index is 14.1. The van der Waals surface area contributed by atoms with Crippen LogP contribution >= 0.6 is 0 Å². The van der Waals surface area contributed by atoms with Crippen molar-refractivity contribution in [2.45, 2.75) is 81.6 Å². The Labute approximate surface area is 335 Å². The van der Waals surface area contributed by atoms with Gasteiger partial charge in [0, 0.05) is 32.0 Å². The lowest BCUT2D eigenvalue weighted by Gasteiger charge is -2.27. The number of nitrogens with one attached hydrogen (secondary N) is 8. The van der Waals surface area contributed by atoms with E-state index < -0.39 is 65.7 Å². The molecule has 20 nitrogen and oxygen atoms in total. The Bertz CT molecular complexity index is 1790. The van der Waals surface area contributed by atoms with Crippen molar-refractivity contribution in [1.29, 1.82) is 5.41 Å². The lowest BCUT2D eigenvalue weighted by atomic mass is 10.0. The minimum absolute atomic E-state index is 0.00867. The zero-order valence-electron chi connectivity index (χ0n) is 32.2. The average molecular weight is 806 g/mol. The number of amides is 6. The number of aromatic amines is 1. The van der Waals surface area contributed by atoms with E-state index in [-0.39, 0.29) is 63.3 Å². The van der Waals surface area contributed by atoms with Gasteiger partial charge in [-0.15, -0.1) is 0 Å². The van der Waals surface area contributed by atoms with Crippen LogP contribution in [0.15, 0.2) is 67.1 Å². The highest BCUT2D eigenvalue weighted by atomic mass is 16.3. The Hall–Kier alpha value is -6.54. The average Bonchev–Trinajstić information content (AvgIpc) is 3.72. The van der Waals surface area contributed by atoms with Gasteiger partial charge in [0.2, 0.25) is 35.4 Å². The molecule has 3 aromatic rings. The molecular weight excluding hydrogens is 751 g/mol. The van der Waals surface area contributed by atoms with Crippen molar-refractivity contribution in [3.8, 4) is 5.75 Å². The number of unbranched alkanes of at least 4 members (excludes halogenated alkanes) is 1. The number of nitrogens with two attached hydrogens (primary N) is 4. The molecule has 0 saturated carbocycles. The smallest absolute Gasteiger partial charge is 0.243 e. The zero-order valence-corrected chi connectivity index (χ0v) is 32.2. The van der Waals surface area contributed by atoms with E-state index in [0.29, 0.717) is 30.6 Å². The summed E-state index contributed by atoms with van der Waals surface area (Å²) in [6, 6.07) is 8.91. The molecule has 5 atom stereocenters. The van der Waals surface area contributed by atoms with E-state index >= 15 is 0 Å². The van der Waals surface area contributed by atoms with Crippen molar-refractivity contribution >= 4 is 41.4 Å². The van der Waals surface area contributed by atoms with E-state index in [9.17, 15) is 33.9 Å². The number of hydrogen-bond acceptors (Lipinski definition) is 11. The second kappa shape index (κ2) is 24.2. The minimum Gasteiger partial charge on any atom is -0.508 e. The molecule has 6 amide bonds. The van der Waals surface area contributed by atoms with Gasteiger partial charge in [0.05, 0.1) is 18.6 Å². The highest BCUT2D eigenvalue weighted by molar-refractivity contribution is 5.96. The molecule has 314 valence electrons. The standard InChI is InChI=1S/C38H55N13O7/c39-15-5-4-9-27(48-36(57)30(47-32(53)20-40)18-23-7-2-1-3-8-23)35(56)51-31(19-25-21-44-22-46-25)37(58)49-28(10-6-16-45-38(42)43)34(55)50-29(33(41)54)17-24-11-13-26(52)14-12-24/h1-3,7-8,11-14,21-22,27-31,52H,4-6,9-10,15-20,39-40H2,(H2,41,54)(H,44,46)(H,47,53)(H,48,57)(H,49,58)(H,50,55)(H,51,56)(H4,42,43,45)/t27-,28+,29-,30+,31-/m0/s1. The molecule has 2 aromatic carbocycles. The Kier molecular flexibility index (Phi) is 19.1. The first-order valence-electron chi connectivity index (χ1n) is 18.9. The molecule has 17 N–H and O–H groups in total. The molecule has 0 unspecified atom stereocenters. The predicted molar refractivity (Wildman–Crippen MR) is 214 cm³/mol. The number of H-pyrrole nitrogens is 1. The molecular formula is C38H55N13O7. The van der Waals surface area contributed by atoms with Gasteiger partial charge in [-0.05, 0) is 61.9 Å². The largest absolute Gasteiger partial charge is 0.508 e. The van der Waals surface area contributed by atoms with Gasteiger partial charge < -0.3 is 64.9 Å². The molecule has 0 saturated heterocycles. The number of primary amides is 1. The van der Waals surface area contributed by atoms with Crippen LogP contribution in [0.3, 0.4) is 0 Å². The number of aromatic hydroxyl groups is 1. The van der Waals surface area contributed by atoms with Crippen LogP contribution in [0.2, 0.25) is 0 Å². The van der Waals surface area contributed by atoms with Crippen LogP contribution in [-0.2, 0) is 48.0 Å². The fourth-order valence-corrected chi connectivity index (χ4v) is 5.87. The second-order valence-corrected chi connectivity index (χ2v) is 13.6. The van der Waals surface area contributed by atoms with Crippen molar-refractivity contribution in [3.05, 3.63) is 83.9 Å². The summed E-state index contributed by atoms with van der Waals surface area (Å²) in [5.74, 6) is -4.61. The number of phenols is 1. The van der Waals surface area contributed by atoms with Crippen molar-refractivity contribution in [2.24, 2.45) is 22.9 Å². The lowest BCUT2D eigenvalue weighted by Crippen LogP contribution is -2.60. The van der Waals surface area contributed by atoms with Gasteiger partial charge in [0.1, 0.15) is 36.0 Å². The van der Waals surface area contributed by atoms with E-state index in [1.807, 2.05) is 6.07 Å². The summed E-state index contributed by atoms with van der Waals surface area (Å²) in [6.45, 7) is 0.139. The van der Waals surface area contributed by atoms with Crippen LogP contribution in [0, 0.1) is 5.41 Å². The Morgan fingerprint density at radius 2 is 1.21 bits per heavy atom. The summed E-state index contributed by atoms with van der Waals surface area (Å²) in [6.07, 6.45) is 4.25. The van der Waals surface area contributed by atoms with Gasteiger partial charge >= 0.3 is 0 Å². The molecule has 1 heterocycles. The Morgan fingerprint density at radius 3 is 1.76 bits per heavy atom. The summed E-state index contributed by atoms with van der Waals surface area (Å²) < 4.78 is 0. The summed E-state index contributed by atoms with van der Waals surface area (Å²) in [4.78, 5) is 87.3. The number of phenolic OH excluding ortho intramolecular Hbond substituents is 1. The van der Waals surface area contributed by atoms with E-state index in [2.05, 4.69) is 41.9 Å². The fraction of sp³-hybridized carbons (Fsp3) is 0.421. The van der Waals surface area contributed by atoms with E-state index in [1.54, 1.807) is 36.4 Å². The van der Waals surface area contributed by atoms with Gasteiger partial charge in [-0.1, -0.05) is 42.5 Å². The summed E-state index contributed by atoms with van der Waals surface area (Å²) in [7, 11) is 0. The number of nitrogens with zero attached hydrogens (tertiary/aromatic N) is 1. The van der Waals surface area contributed by atoms with Crippen LogP contribution in [0.5, 0.6) is 5.75 Å². The minimum atomic E-state index is -1.32. The molecule has 0 fully saturated rings. The number of hydrogen-bond donors (Lipinski definition) is 13. The highest BCUT2D eigenvalue weighted by Gasteiger charge is 2.33. The van der Waals surface area contributed by atoms with E-state index in [4.69, 9.17) is 28.3 Å². The molecule has 0 bridgehead atoms. The van der Waals surface area contributed by atoms with Crippen LogP contribution in [0.1, 0.15) is 48.9 Å². The molecule has 1 aromatic heterocycles. The zero-order chi connectivity index (χ0) is 42.5. The van der Waals surface area contributed by atoms with Crippen molar-refractivity contribution in [2.75, 3.05) is 19.6 Å². The van der Waals surface area contributed by atoms with Gasteiger partial charge in [0.25, 0.3) is 0 Å². The monoisotopic (exact) mass is 805 g/mol. The number of carbonyl (C=O) groups is 6. The lowest BCUT2D eigenvalue weighted by molar-refractivity contribution is -0.135. The molecule has 0 aliphatic heterocycles. The van der Waals surface area contributed by atoms with Gasteiger partial charge in [-0.2, -0.15) is 0 Å². The molecule has 20 heteroatoms. The molecule has 58 heavy (non-hydrogen) atoms. The van der Waals surface area contributed by atoms with Crippen molar-refractivity contribution in [3.63, 3.8) is 0 Å². The summed E-state index contributed by atoms with van der Waals surface area (Å²) >= 11 is 0. The van der Waals surface area contributed by atoms with Gasteiger partial charge in [-0.25, -0.2) is 4.98 Å². The molecule has 0 radical (unpaired) electrons. The maximum atomic E-state index is 14.1. The normalized spacial score (nSPS) is 13.4. The summed E-state index contributed by atoms with van der Waals surface area (Å²) in [5.41, 5.74) is 24.0. The third-order valence-electron chi connectivity index (χ3n) is 8.95. The Morgan fingerprint density at radius 1 is 0.672 bits per heavy atom. The number of carbonyl (C=O) groups excluding carboxylic acids is 6. The van der Waals surface area contributed by atoms with Crippen molar-refractivity contribution < 1.29 is 33.9 Å². The first kappa shape index (κ1) is 45.8. The van der Waals surface area contributed by atoms with E-state index in [0.717, 1.165) is 5.56 Å². The second-order valence-electron chi connectivity index (χ2n) is 13.6. The van der Waals surface area contributed by atoms with Crippen molar-refractivity contribution in [1.82, 2.24) is 41.9 Å². The first-order valence-corrected chi connectivity index (χ1v) is 18.9. The van der Waals surface area contributed by atoms with Crippen LogP contribution in [-0.4, -0.2) is 106 Å². The number of benzene rings is 2. The van der Waals surface area contributed by atoms with Gasteiger partial charge in [0.15, 0.2) is 5.96 Å². The fourth-order valence-electron chi connectivity index (χ4n) is 5.87. The van der Waals surface area contributed by atoms with Gasteiger partial charge in [-0.3, -0.25) is 34.2 Å². The maximum Gasteiger partial charge on any atom is 0.243 e. The van der Waals surface area contributed by atoms with Crippen LogP contribution < -0.4 is 54.8 Å². The first-order chi connectivity index (χ1) is 27.8. The molecule has 0 spiro atoms. The number of guanidine groups is 1. The van der Waals surface area contributed by atoms with Crippen LogP contribution in [0.4, 0.5) is 0 Å². The molecule has 3 rings (SSSR count). The SMILES string of the molecule is N=C(N)NCCC[C@@H](NC(=O)[C@H](Cc1c[nH]cn1)NC(=O)[C@H](CCCCN)NC(=O)[C@@H](Cc1ccccc1)NC(=O)CN)C(=O)N[C@@H](Cc1ccc(O)cc1)C(N)=O. The van der Waals surface area contributed by atoms with Crippen LogP contribution in [0.25, 0.3) is 0 Å². The molecule has 0 aliphatic rings. The quantitative estimate of drug-likeness (QED) is 0.0238. The Balaban J connectivity index is 1.86. The molecule has 0 aliphatic carbocycles. The third-order valence-corrected chi connectivity index (χ3v) is 8.95. The number of rotatable bonds is 25. The summed E-state index contributed by atoms with van der Waals surface area (Å²) in [5, 5.41) is 33.0. The highest BCUT2D eigenvalue weighted by Crippen LogP contribution is 2.13. The predicted octanol–water partition coefficient (Wildman–Crippen LogP) is -2.60. The third kappa shape index (κ3) is 16.3. The van der Waals surface area contributed by atoms with E-state index in [1.165, 1.54) is 24.7 Å². The topological polar surface area (TPSA) is 351 Å².